The molecule has 0 bridgehead atoms. The first-order valence-electron chi connectivity index (χ1n) is 6.09. The Bertz CT molecular complexity index is 479. The molecule has 1 unspecified atom stereocenters. The van der Waals surface area contributed by atoms with Crippen LogP contribution >= 0.6 is 0 Å². The number of rotatable bonds is 3. The molecule has 1 aromatic carbocycles. The van der Waals surface area contributed by atoms with Gasteiger partial charge in [-0.3, -0.25) is 0 Å². The van der Waals surface area contributed by atoms with Gasteiger partial charge in [0, 0.05) is 6.42 Å². The Morgan fingerprint density at radius 1 is 1.28 bits per heavy atom. The molecule has 0 radical (unpaired) electrons. The molecule has 18 heavy (non-hydrogen) atoms. The predicted molar refractivity (Wildman–Crippen MR) is 71.6 cm³/mol. The first-order valence-corrected chi connectivity index (χ1v) is 6.09. The second-order valence-electron chi connectivity index (χ2n) is 4.50. The summed E-state index contributed by atoms with van der Waals surface area (Å²) in [5, 5.41) is 18.5. The molecule has 0 aromatic heterocycles. The number of alkyl halides is 1. The standard InChI is InChI=1S/C14H16BFO2/c1-2-11-6-8-12(9-7-11)13-5-3-4-10-14(13,16)15(17)18/h3-9,17-18H,2,10H2,1H3. The van der Waals surface area contributed by atoms with Gasteiger partial charge in [-0.25, -0.2) is 4.39 Å². The Morgan fingerprint density at radius 3 is 2.50 bits per heavy atom. The lowest BCUT2D eigenvalue weighted by molar-refractivity contribution is 0.254. The Kier molecular flexibility index (Phi) is 3.69. The van der Waals surface area contributed by atoms with E-state index in [1.54, 1.807) is 18.2 Å². The molecule has 2 rings (SSSR count). The number of hydrogen-bond acceptors (Lipinski definition) is 2. The number of aryl methyl sites for hydroxylation is 1. The molecular formula is C14H16BFO2. The van der Waals surface area contributed by atoms with E-state index in [1.807, 2.05) is 24.3 Å². The van der Waals surface area contributed by atoms with Crippen molar-refractivity contribution in [3.63, 3.8) is 0 Å². The lowest BCUT2D eigenvalue weighted by Crippen LogP contribution is -2.43. The fourth-order valence-electron chi connectivity index (χ4n) is 2.15. The molecule has 0 aliphatic heterocycles. The molecule has 1 atom stereocenters. The molecule has 0 spiro atoms. The number of allylic oxidation sites excluding steroid dienone is 4. The van der Waals surface area contributed by atoms with Crippen LogP contribution in [0.3, 0.4) is 0 Å². The zero-order chi connectivity index (χ0) is 13.2. The molecule has 4 heteroatoms. The highest BCUT2D eigenvalue weighted by atomic mass is 19.1. The molecule has 0 heterocycles. The minimum absolute atomic E-state index is 0.0218. The fraction of sp³-hybridized carbons (Fsp3) is 0.286. The molecule has 0 saturated carbocycles. The minimum atomic E-state index is -2.12. The van der Waals surface area contributed by atoms with Crippen LogP contribution in [0.4, 0.5) is 4.39 Å². The van der Waals surface area contributed by atoms with Crippen molar-refractivity contribution in [3.05, 3.63) is 53.6 Å². The van der Waals surface area contributed by atoms with Gasteiger partial charge in [0.2, 0.25) is 0 Å². The summed E-state index contributed by atoms with van der Waals surface area (Å²) in [5.41, 5.74) is 0.0529. The lowest BCUT2D eigenvalue weighted by atomic mass is 9.61. The van der Waals surface area contributed by atoms with Crippen molar-refractivity contribution in [3.8, 4) is 0 Å². The third kappa shape index (κ3) is 2.26. The molecule has 1 aliphatic carbocycles. The predicted octanol–water partition coefficient (Wildman–Crippen LogP) is 2.31. The summed E-state index contributed by atoms with van der Waals surface area (Å²) in [7, 11) is -2.01. The highest BCUT2D eigenvalue weighted by Gasteiger charge is 2.46. The number of halogens is 1. The quantitative estimate of drug-likeness (QED) is 0.803. The average molecular weight is 246 g/mol. The average Bonchev–Trinajstić information content (AvgIpc) is 2.39. The molecule has 1 aromatic rings. The van der Waals surface area contributed by atoms with E-state index < -0.39 is 12.7 Å². The SMILES string of the molecule is CCc1ccc(C2=CC=CCC2(F)B(O)O)cc1. The van der Waals surface area contributed by atoms with E-state index in [9.17, 15) is 14.4 Å². The van der Waals surface area contributed by atoms with Crippen molar-refractivity contribution in [2.24, 2.45) is 0 Å². The smallest absolute Gasteiger partial charge is 0.425 e. The highest BCUT2D eigenvalue weighted by Crippen LogP contribution is 2.37. The van der Waals surface area contributed by atoms with E-state index in [0.717, 1.165) is 6.42 Å². The maximum absolute atomic E-state index is 14.6. The number of benzene rings is 1. The summed E-state index contributed by atoms with van der Waals surface area (Å²) in [6.45, 7) is 2.05. The number of hydrogen-bond donors (Lipinski definition) is 2. The molecular weight excluding hydrogens is 230 g/mol. The Morgan fingerprint density at radius 2 is 1.94 bits per heavy atom. The first kappa shape index (κ1) is 13.1. The van der Waals surface area contributed by atoms with E-state index in [2.05, 4.69) is 6.92 Å². The summed E-state index contributed by atoms with van der Waals surface area (Å²) in [5.74, 6) is 0. The van der Waals surface area contributed by atoms with Crippen LogP contribution in [-0.2, 0) is 6.42 Å². The van der Waals surface area contributed by atoms with Gasteiger partial charge in [0.25, 0.3) is 0 Å². The molecule has 0 amide bonds. The fourth-order valence-corrected chi connectivity index (χ4v) is 2.15. The normalized spacial score (nSPS) is 22.8. The summed E-state index contributed by atoms with van der Waals surface area (Å²) >= 11 is 0. The van der Waals surface area contributed by atoms with Gasteiger partial charge in [0.1, 0.15) is 0 Å². The van der Waals surface area contributed by atoms with Crippen LogP contribution in [0, 0.1) is 0 Å². The zero-order valence-electron chi connectivity index (χ0n) is 10.3. The second-order valence-corrected chi connectivity index (χ2v) is 4.50. The van der Waals surface area contributed by atoms with Gasteiger partial charge in [-0.2, -0.15) is 0 Å². The maximum Gasteiger partial charge on any atom is 0.496 e. The largest absolute Gasteiger partial charge is 0.496 e. The van der Waals surface area contributed by atoms with Crippen LogP contribution in [-0.4, -0.2) is 22.7 Å². The first-order chi connectivity index (χ1) is 8.58. The van der Waals surface area contributed by atoms with Crippen molar-refractivity contribution in [1.82, 2.24) is 0 Å². The van der Waals surface area contributed by atoms with Gasteiger partial charge in [-0.15, -0.1) is 0 Å². The van der Waals surface area contributed by atoms with Crippen molar-refractivity contribution < 1.29 is 14.4 Å². The third-order valence-corrected chi connectivity index (χ3v) is 3.34. The summed E-state index contributed by atoms with van der Waals surface area (Å²) in [6.07, 6.45) is 5.84. The molecule has 0 saturated heterocycles. The van der Waals surface area contributed by atoms with Crippen molar-refractivity contribution in [1.29, 1.82) is 0 Å². The minimum Gasteiger partial charge on any atom is -0.425 e. The Hall–Kier alpha value is -1.39. The third-order valence-electron chi connectivity index (χ3n) is 3.34. The molecule has 1 aliphatic rings. The highest BCUT2D eigenvalue weighted by molar-refractivity contribution is 6.49. The van der Waals surface area contributed by atoms with Crippen molar-refractivity contribution >= 4 is 12.7 Å². The Balaban J connectivity index is 2.40. The maximum atomic E-state index is 14.6. The van der Waals surface area contributed by atoms with Crippen LogP contribution in [0.1, 0.15) is 24.5 Å². The van der Waals surface area contributed by atoms with Gasteiger partial charge >= 0.3 is 7.12 Å². The molecule has 2 nitrogen and oxygen atoms in total. The van der Waals surface area contributed by atoms with Gasteiger partial charge in [0.05, 0.1) is 0 Å². The van der Waals surface area contributed by atoms with E-state index >= 15 is 0 Å². The monoisotopic (exact) mass is 246 g/mol. The van der Waals surface area contributed by atoms with Gasteiger partial charge in [0.15, 0.2) is 5.57 Å². The van der Waals surface area contributed by atoms with Gasteiger partial charge in [-0.1, -0.05) is 49.4 Å². The van der Waals surface area contributed by atoms with Crippen LogP contribution in [0.5, 0.6) is 0 Å². The van der Waals surface area contributed by atoms with E-state index in [0.29, 0.717) is 11.1 Å². The summed E-state index contributed by atoms with van der Waals surface area (Å²) in [6, 6.07) is 7.50. The van der Waals surface area contributed by atoms with E-state index in [-0.39, 0.29) is 6.42 Å². The topological polar surface area (TPSA) is 40.5 Å². The van der Waals surface area contributed by atoms with Crippen LogP contribution in [0.2, 0.25) is 0 Å². The molecule has 0 fully saturated rings. The van der Waals surface area contributed by atoms with E-state index in [1.165, 1.54) is 5.56 Å². The molecule has 2 N–H and O–H groups in total. The summed E-state index contributed by atoms with van der Waals surface area (Å²) in [4.78, 5) is 0. The Labute approximate surface area is 107 Å². The van der Waals surface area contributed by atoms with Crippen molar-refractivity contribution in [2.45, 2.75) is 25.3 Å². The van der Waals surface area contributed by atoms with Crippen LogP contribution in [0.15, 0.2) is 42.5 Å². The van der Waals surface area contributed by atoms with Gasteiger partial charge < -0.3 is 10.0 Å². The van der Waals surface area contributed by atoms with Crippen molar-refractivity contribution in [2.75, 3.05) is 0 Å². The zero-order valence-corrected chi connectivity index (χ0v) is 10.3. The van der Waals surface area contributed by atoms with E-state index in [4.69, 9.17) is 0 Å². The second kappa shape index (κ2) is 5.08. The lowest BCUT2D eigenvalue weighted by Gasteiger charge is -2.28. The van der Waals surface area contributed by atoms with Crippen LogP contribution in [0.25, 0.3) is 5.57 Å². The summed E-state index contributed by atoms with van der Waals surface area (Å²) < 4.78 is 14.6. The molecule has 94 valence electrons. The van der Waals surface area contributed by atoms with Gasteiger partial charge in [-0.05, 0) is 23.1 Å². The van der Waals surface area contributed by atoms with Crippen LogP contribution < -0.4 is 0 Å².